The van der Waals surface area contributed by atoms with Crippen LogP contribution in [0.4, 0.5) is 5.82 Å². The van der Waals surface area contributed by atoms with Crippen LogP contribution in [0.5, 0.6) is 0 Å². The van der Waals surface area contributed by atoms with E-state index in [0.717, 1.165) is 49.1 Å². The zero-order valence-corrected chi connectivity index (χ0v) is 12.2. The summed E-state index contributed by atoms with van der Waals surface area (Å²) in [7, 11) is 0. The molecule has 0 spiro atoms. The Hall–Kier alpha value is -0.830. The number of halogens is 1. The van der Waals surface area contributed by atoms with Gasteiger partial charge in [-0.25, -0.2) is 9.97 Å². The predicted octanol–water partition coefficient (Wildman–Crippen LogP) is 3.56. The highest BCUT2D eigenvalue weighted by molar-refractivity contribution is 6.30. The molecular formula is C14H22ClN3. The smallest absolute Gasteiger partial charge is 0.137 e. The van der Waals surface area contributed by atoms with Crippen LogP contribution in [0.25, 0.3) is 0 Å². The fourth-order valence-electron chi connectivity index (χ4n) is 2.96. The lowest BCUT2D eigenvalue weighted by molar-refractivity contribution is 0.354. The largest absolute Gasteiger partial charge is 0.356 e. The average molecular weight is 268 g/mol. The Bertz CT molecular complexity index is 398. The molecule has 0 amide bonds. The Labute approximate surface area is 115 Å². The zero-order chi connectivity index (χ0) is 13.1. The molecule has 1 saturated heterocycles. The van der Waals surface area contributed by atoms with Crippen molar-refractivity contribution < 1.29 is 0 Å². The minimum absolute atomic E-state index is 0.618. The molecule has 3 nitrogen and oxygen atoms in total. The Morgan fingerprint density at radius 1 is 1.28 bits per heavy atom. The molecule has 0 aromatic carbocycles. The predicted molar refractivity (Wildman–Crippen MR) is 76.2 cm³/mol. The van der Waals surface area contributed by atoms with Gasteiger partial charge in [0.05, 0.1) is 0 Å². The molecule has 1 aromatic rings. The lowest BCUT2D eigenvalue weighted by Gasteiger charge is -2.36. The summed E-state index contributed by atoms with van der Waals surface area (Å²) in [6.07, 6.45) is 4.91. The Balaban J connectivity index is 2.29. The second-order valence-electron chi connectivity index (χ2n) is 5.57. The first-order valence-electron chi connectivity index (χ1n) is 6.86. The van der Waals surface area contributed by atoms with E-state index in [1.807, 2.05) is 0 Å². The van der Waals surface area contributed by atoms with Gasteiger partial charge in [0.2, 0.25) is 0 Å². The van der Waals surface area contributed by atoms with Crippen molar-refractivity contribution >= 4 is 17.4 Å². The average Bonchev–Trinajstić information content (AvgIpc) is 2.30. The molecule has 4 heteroatoms. The summed E-state index contributed by atoms with van der Waals surface area (Å²) in [5, 5.41) is 0.618. The molecular weight excluding hydrogens is 246 g/mol. The van der Waals surface area contributed by atoms with Gasteiger partial charge in [0.15, 0.2) is 0 Å². The molecule has 1 fully saturated rings. The minimum Gasteiger partial charge on any atom is -0.356 e. The number of hydrogen-bond acceptors (Lipinski definition) is 3. The number of piperidine rings is 1. The van der Waals surface area contributed by atoms with Crippen molar-refractivity contribution in [3.63, 3.8) is 0 Å². The van der Waals surface area contributed by atoms with Gasteiger partial charge in [0, 0.05) is 18.7 Å². The quantitative estimate of drug-likeness (QED) is 0.784. The number of hydrogen-bond donors (Lipinski definition) is 0. The molecule has 2 rings (SSSR count). The lowest BCUT2D eigenvalue weighted by Crippen LogP contribution is -2.39. The van der Waals surface area contributed by atoms with Crippen LogP contribution < -0.4 is 4.90 Å². The van der Waals surface area contributed by atoms with Crippen LogP contribution in [-0.2, 0) is 6.42 Å². The second-order valence-corrected chi connectivity index (χ2v) is 5.93. The number of rotatable bonds is 3. The summed E-state index contributed by atoms with van der Waals surface area (Å²) in [5.74, 6) is 2.49. The Morgan fingerprint density at radius 2 is 1.94 bits per heavy atom. The molecule has 1 aliphatic heterocycles. The maximum atomic E-state index is 6.22. The zero-order valence-electron chi connectivity index (χ0n) is 11.5. The summed E-state index contributed by atoms with van der Waals surface area (Å²) < 4.78 is 0. The molecule has 0 bridgehead atoms. The van der Waals surface area contributed by atoms with Gasteiger partial charge < -0.3 is 4.90 Å². The summed E-state index contributed by atoms with van der Waals surface area (Å²) in [5.41, 5.74) is 1.11. The Kier molecular flexibility index (Phi) is 4.44. The van der Waals surface area contributed by atoms with Crippen molar-refractivity contribution in [3.05, 3.63) is 17.0 Å². The van der Waals surface area contributed by atoms with E-state index in [9.17, 15) is 0 Å². The van der Waals surface area contributed by atoms with Crippen LogP contribution in [0.1, 0.15) is 39.2 Å². The van der Waals surface area contributed by atoms with Crippen LogP contribution in [0.15, 0.2) is 6.33 Å². The first kappa shape index (κ1) is 13.6. The molecule has 0 N–H and O–H groups in total. The van der Waals surface area contributed by atoms with Crippen molar-refractivity contribution in [1.82, 2.24) is 9.97 Å². The third kappa shape index (κ3) is 2.94. The number of nitrogens with zero attached hydrogens (tertiary/aromatic N) is 3. The molecule has 0 radical (unpaired) electrons. The third-order valence-corrected chi connectivity index (χ3v) is 3.86. The van der Waals surface area contributed by atoms with E-state index >= 15 is 0 Å². The summed E-state index contributed by atoms with van der Waals surface area (Å²) in [6, 6.07) is 0. The van der Waals surface area contributed by atoms with Crippen molar-refractivity contribution in [2.75, 3.05) is 18.0 Å². The van der Waals surface area contributed by atoms with E-state index < -0.39 is 0 Å². The van der Waals surface area contributed by atoms with Gasteiger partial charge in [0.25, 0.3) is 0 Å². The SMILES string of the molecule is CCCc1c(Cl)ncnc1N1CC(C)CC(C)C1. The first-order chi connectivity index (χ1) is 8.61. The van der Waals surface area contributed by atoms with Gasteiger partial charge >= 0.3 is 0 Å². The standard InChI is InChI=1S/C14H22ClN3/c1-4-5-12-13(15)16-9-17-14(12)18-7-10(2)6-11(3)8-18/h9-11H,4-8H2,1-3H3. The lowest BCUT2D eigenvalue weighted by atomic mass is 9.91. The maximum absolute atomic E-state index is 6.22. The van der Waals surface area contributed by atoms with E-state index in [2.05, 4.69) is 35.6 Å². The van der Waals surface area contributed by atoms with Crippen LogP contribution in [0.2, 0.25) is 5.15 Å². The highest BCUT2D eigenvalue weighted by Gasteiger charge is 2.25. The van der Waals surface area contributed by atoms with Gasteiger partial charge in [-0.1, -0.05) is 38.8 Å². The fourth-order valence-corrected chi connectivity index (χ4v) is 3.18. The van der Waals surface area contributed by atoms with Gasteiger partial charge in [-0.2, -0.15) is 0 Å². The molecule has 100 valence electrons. The van der Waals surface area contributed by atoms with Crippen molar-refractivity contribution in [1.29, 1.82) is 0 Å². The monoisotopic (exact) mass is 267 g/mol. The molecule has 0 aliphatic carbocycles. The van der Waals surface area contributed by atoms with Crippen molar-refractivity contribution in [3.8, 4) is 0 Å². The van der Waals surface area contributed by atoms with Gasteiger partial charge in [-0.3, -0.25) is 0 Å². The molecule has 1 aromatic heterocycles. The molecule has 0 saturated carbocycles. The summed E-state index contributed by atoms with van der Waals surface area (Å²) in [6.45, 7) is 8.94. The van der Waals surface area contributed by atoms with Crippen LogP contribution >= 0.6 is 11.6 Å². The van der Waals surface area contributed by atoms with Crippen LogP contribution in [-0.4, -0.2) is 23.1 Å². The highest BCUT2D eigenvalue weighted by atomic mass is 35.5. The second kappa shape index (κ2) is 5.87. The highest BCUT2D eigenvalue weighted by Crippen LogP contribution is 2.30. The van der Waals surface area contributed by atoms with E-state index in [4.69, 9.17) is 11.6 Å². The first-order valence-corrected chi connectivity index (χ1v) is 7.23. The number of aromatic nitrogens is 2. The molecule has 18 heavy (non-hydrogen) atoms. The topological polar surface area (TPSA) is 29.0 Å². The molecule has 2 unspecified atom stereocenters. The molecule has 2 heterocycles. The summed E-state index contributed by atoms with van der Waals surface area (Å²) in [4.78, 5) is 11.0. The van der Waals surface area contributed by atoms with E-state index in [-0.39, 0.29) is 0 Å². The normalized spacial score (nSPS) is 24.3. The van der Waals surface area contributed by atoms with E-state index in [1.165, 1.54) is 6.42 Å². The number of anilines is 1. The van der Waals surface area contributed by atoms with Gasteiger partial charge in [-0.05, 0) is 24.7 Å². The van der Waals surface area contributed by atoms with Gasteiger partial charge in [-0.15, -0.1) is 0 Å². The van der Waals surface area contributed by atoms with Crippen molar-refractivity contribution in [2.24, 2.45) is 11.8 Å². The van der Waals surface area contributed by atoms with Gasteiger partial charge in [0.1, 0.15) is 17.3 Å². The molecule has 2 atom stereocenters. The maximum Gasteiger partial charge on any atom is 0.137 e. The van der Waals surface area contributed by atoms with Crippen LogP contribution in [0.3, 0.4) is 0 Å². The fraction of sp³-hybridized carbons (Fsp3) is 0.714. The Morgan fingerprint density at radius 3 is 2.56 bits per heavy atom. The van der Waals surface area contributed by atoms with E-state index in [0.29, 0.717) is 5.15 Å². The minimum atomic E-state index is 0.618. The van der Waals surface area contributed by atoms with Crippen LogP contribution in [0, 0.1) is 11.8 Å². The third-order valence-electron chi connectivity index (χ3n) is 3.54. The summed E-state index contributed by atoms with van der Waals surface area (Å²) >= 11 is 6.22. The molecule has 1 aliphatic rings. The van der Waals surface area contributed by atoms with Crippen molar-refractivity contribution in [2.45, 2.75) is 40.0 Å². The van der Waals surface area contributed by atoms with E-state index in [1.54, 1.807) is 6.33 Å².